The van der Waals surface area contributed by atoms with Crippen molar-refractivity contribution in [3.63, 3.8) is 0 Å². The molecule has 6 nitrogen and oxygen atoms in total. The Kier molecular flexibility index (Phi) is 3.50. The molecule has 2 rings (SSSR count). The first-order valence-corrected chi connectivity index (χ1v) is 5.85. The molecule has 0 saturated heterocycles. The third-order valence-corrected chi connectivity index (χ3v) is 2.95. The van der Waals surface area contributed by atoms with Gasteiger partial charge in [0.25, 0.3) is 5.91 Å². The van der Waals surface area contributed by atoms with E-state index in [-0.39, 0.29) is 11.5 Å². The molecule has 1 amide bonds. The number of hydrogen-bond acceptors (Lipinski definition) is 4. The van der Waals surface area contributed by atoms with Crippen molar-refractivity contribution >= 4 is 5.91 Å². The van der Waals surface area contributed by atoms with E-state index in [2.05, 4.69) is 10.1 Å². The first kappa shape index (κ1) is 13.1. The van der Waals surface area contributed by atoms with Gasteiger partial charge in [-0.15, -0.1) is 0 Å². The zero-order valence-corrected chi connectivity index (χ0v) is 11.1. The second-order valence-electron chi connectivity index (χ2n) is 4.41. The fourth-order valence-electron chi connectivity index (χ4n) is 1.83. The average molecular weight is 261 g/mol. The van der Waals surface area contributed by atoms with E-state index in [0.29, 0.717) is 17.9 Å². The van der Waals surface area contributed by atoms with Crippen molar-refractivity contribution in [1.82, 2.24) is 15.0 Å². The fraction of sp³-hybridized carbons (Fsp3) is 0.308. The lowest BCUT2D eigenvalue weighted by Crippen LogP contribution is -2.27. The van der Waals surface area contributed by atoms with Crippen LogP contribution in [0.15, 0.2) is 27.6 Å². The molecule has 1 N–H and O–H groups in total. The van der Waals surface area contributed by atoms with Crippen LogP contribution < -0.4 is 5.56 Å². The van der Waals surface area contributed by atoms with Crippen LogP contribution in [-0.4, -0.2) is 28.0 Å². The van der Waals surface area contributed by atoms with Crippen LogP contribution in [0, 0.1) is 13.8 Å². The van der Waals surface area contributed by atoms with E-state index in [4.69, 9.17) is 4.52 Å². The molecule has 0 unspecified atom stereocenters. The van der Waals surface area contributed by atoms with E-state index in [1.165, 1.54) is 17.2 Å². The van der Waals surface area contributed by atoms with Gasteiger partial charge in [-0.2, -0.15) is 0 Å². The van der Waals surface area contributed by atoms with Gasteiger partial charge in [0.05, 0.1) is 12.2 Å². The van der Waals surface area contributed by atoms with Crippen molar-refractivity contribution < 1.29 is 9.32 Å². The fourth-order valence-corrected chi connectivity index (χ4v) is 1.83. The minimum atomic E-state index is -0.295. The summed E-state index contributed by atoms with van der Waals surface area (Å²) in [4.78, 5) is 27.4. The summed E-state index contributed by atoms with van der Waals surface area (Å²) < 4.78 is 5.06. The lowest BCUT2D eigenvalue weighted by atomic mass is 10.1. The predicted octanol–water partition coefficient (Wildman–Crippen LogP) is 1.25. The van der Waals surface area contributed by atoms with E-state index in [9.17, 15) is 9.59 Å². The lowest BCUT2D eigenvalue weighted by molar-refractivity contribution is 0.0784. The van der Waals surface area contributed by atoms with Gasteiger partial charge < -0.3 is 14.4 Å². The zero-order valence-electron chi connectivity index (χ0n) is 11.1. The maximum atomic E-state index is 12.2. The molecule has 0 saturated carbocycles. The highest BCUT2D eigenvalue weighted by Gasteiger charge is 2.16. The first-order valence-electron chi connectivity index (χ1n) is 5.85. The Balaban J connectivity index is 2.19. The Hall–Kier alpha value is -2.37. The molecule has 0 radical (unpaired) electrons. The Bertz CT molecular complexity index is 638. The number of hydrogen-bond donors (Lipinski definition) is 1. The number of rotatable bonds is 3. The van der Waals surface area contributed by atoms with Gasteiger partial charge in [-0.05, 0) is 19.9 Å². The topological polar surface area (TPSA) is 79.2 Å². The van der Waals surface area contributed by atoms with Crippen LogP contribution >= 0.6 is 0 Å². The molecule has 2 aromatic heterocycles. The van der Waals surface area contributed by atoms with Crippen molar-refractivity contribution in [2.75, 3.05) is 7.05 Å². The molecule has 0 aliphatic rings. The van der Waals surface area contributed by atoms with E-state index in [1.807, 2.05) is 6.92 Å². The van der Waals surface area contributed by atoms with E-state index in [0.717, 1.165) is 11.3 Å². The SMILES string of the molecule is Cc1noc(C)c1CN(C)C(=O)c1cc[nH]c(=O)c1. The number of nitrogens with zero attached hydrogens (tertiary/aromatic N) is 2. The third-order valence-electron chi connectivity index (χ3n) is 2.95. The van der Waals surface area contributed by atoms with Crippen molar-refractivity contribution in [2.24, 2.45) is 0 Å². The molecular formula is C13H15N3O3. The molecule has 0 bridgehead atoms. The smallest absolute Gasteiger partial charge is 0.254 e. The molecule has 0 aromatic carbocycles. The highest BCUT2D eigenvalue weighted by Crippen LogP contribution is 2.15. The summed E-state index contributed by atoms with van der Waals surface area (Å²) >= 11 is 0. The van der Waals surface area contributed by atoms with Crippen LogP contribution in [0.1, 0.15) is 27.4 Å². The molecule has 0 atom stereocenters. The van der Waals surface area contributed by atoms with Crippen LogP contribution in [0.25, 0.3) is 0 Å². The normalized spacial score (nSPS) is 10.5. The van der Waals surface area contributed by atoms with Crippen molar-refractivity contribution in [1.29, 1.82) is 0 Å². The molecular weight excluding hydrogens is 246 g/mol. The molecule has 6 heteroatoms. The van der Waals surface area contributed by atoms with E-state index < -0.39 is 0 Å². The Morgan fingerprint density at radius 2 is 2.21 bits per heavy atom. The van der Waals surface area contributed by atoms with Crippen LogP contribution in [0.3, 0.4) is 0 Å². The summed E-state index contributed by atoms with van der Waals surface area (Å²) in [6, 6.07) is 2.86. The summed E-state index contributed by atoms with van der Waals surface area (Å²) in [6.45, 7) is 4.03. The van der Waals surface area contributed by atoms with Gasteiger partial charge in [-0.1, -0.05) is 5.16 Å². The monoisotopic (exact) mass is 261 g/mol. The maximum Gasteiger partial charge on any atom is 0.254 e. The first-order chi connectivity index (χ1) is 8.99. The minimum Gasteiger partial charge on any atom is -0.361 e. The number of aryl methyl sites for hydroxylation is 2. The van der Waals surface area contributed by atoms with Gasteiger partial charge in [0, 0.05) is 30.4 Å². The van der Waals surface area contributed by atoms with Gasteiger partial charge in [-0.3, -0.25) is 9.59 Å². The third kappa shape index (κ3) is 2.73. The summed E-state index contributed by atoms with van der Waals surface area (Å²) in [5.41, 5.74) is 1.72. The number of nitrogens with one attached hydrogen (secondary N) is 1. The number of H-pyrrole nitrogens is 1. The summed E-state index contributed by atoms with van der Waals surface area (Å²) in [5, 5.41) is 3.85. The van der Waals surface area contributed by atoms with Crippen LogP contribution in [0.4, 0.5) is 0 Å². The summed E-state index contributed by atoms with van der Waals surface area (Å²) in [5.74, 6) is 0.481. The van der Waals surface area contributed by atoms with Crippen LogP contribution in [-0.2, 0) is 6.54 Å². The van der Waals surface area contributed by atoms with Crippen LogP contribution in [0.5, 0.6) is 0 Å². The van der Waals surface area contributed by atoms with Gasteiger partial charge in [0.2, 0.25) is 5.56 Å². The standard InChI is InChI=1S/C13H15N3O3/c1-8-11(9(2)19-15-8)7-16(3)13(18)10-4-5-14-12(17)6-10/h4-6H,7H2,1-3H3,(H,14,17). The number of pyridine rings is 1. The largest absolute Gasteiger partial charge is 0.361 e. The van der Waals surface area contributed by atoms with Crippen molar-refractivity contribution in [2.45, 2.75) is 20.4 Å². The quantitative estimate of drug-likeness (QED) is 0.901. The molecule has 0 spiro atoms. The van der Waals surface area contributed by atoms with Gasteiger partial charge in [0.15, 0.2) is 0 Å². The predicted molar refractivity (Wildman–Crippen MR) is 68.8 cm³/mol. The molecule has 2 aromatic rings. The minimum absolute atomic E-state index is 0.217. The van der Waals surface area contributed by atoms with E-state index >= 15 is 0 Å². The second kappa shape index (κ2) is 5.09. The second-order valence-corrected chi connectivity index (χ2v) is 4.41. The highest BCUT2D eigenvalue weighted by molar-refractivity contribution is 5.93. The van der Waals surface area contributed by atoms with Crippen molar-refractivity contribution in [3.8, 4) is 0 Å². The average Bonchev–Trinajstić information content (AvgIpc) is 2.69. The highest BCUT2D eigenvalue weighted by atomic mass is 16.5. The molecule has 0 fully saturated rings. The summed E-state index contributed by atoms with van der Waals surface area (Å²) in [6.07, 6.45) is 1.46. The van der Waals surface area contributed by atoms with E-state index in [1.54, 1.807) is 20.0 Å². The molecule has 0 aliphatic heterocycles. The van der Waals surface area contributed by atoms with Crippen LogP contribution in [0.2, 0.25) is 0 Å². The summed E-state index contributed by atoms with van der Waals surface area (Å²) in [7, 11) is 1.68. The number of aromatic amines is 1. The Morgan fingerprint density at radius 3 is 2.79 bits per heavy atom. The lowest BCUT2D eigenvalue weighted by Gasteiger charge is -2.16. The number of amides is 1. The van der Waals surface area contributed by atoms with Gasteiger partial charge in [-0.25, -0.2) is 0 Å². The van der Waals surface area contributed by atoms with Gasteiger partial charge in [0.1, 0.15) is 5.76 Å². The molecule has 0 aliphatic carbocycles. The molecule has 100 valence electrons. The Morgan fingerprint density at radius 1 is 1.47 bits per heavy atom. The maximum absolute atomic E-state index is 12.2. The number of carbonyl (C=O) groups excluding carboxylic acids is 1. The Labute approximate surface area is 110 Å². The van der Waals surface area contributed by atoms with Crippen molar-refractivity contribution in [3.05, 3.63) is 51.3 Å². The number of aromatic nitrogens is 2. The molecule has 19 heavy (non-hydrogen) atoms. The number of carbonyl (C=O) groups is 1. The molecule has 2 heterocycles. The van der Waals surface area contributed by atoms with Gasteiger partial charge >= 0.3 is 0 Å². The zero-order chi connectivity index (χ0) is 14.0.